The van der Waals surface area contributed by atoms with Crippen LogP contribution in [-0.2, 0) is 0 Å². The quantitative estimate of drug-likeness (QED) is 0.347. The first-order valence-electron chi connectivity index (χ1n) is 8.55. The molecular formula is C20H20FN7. The molecule has 0 saturated heterocycles. The summed E-state index contributed by atoms with van der Waals surface area (Å²) in [6.07, 6.45) is 9.99. The highest BCUT2D eigenvalue weighted by Gasteiger charge is 2.18. The number of nitrogens with two attached hydrogens (primary N) is 1. The van der Waals surface area contributed by atoms with Crippen molar-refractivity contribution in [2.24, 2.45) is 4.99 Å². The van der Waals surface area contributed by atoms with Gasteiger partial charge < -0.3 is 16.4 Å². The summed E-state index contributed by atoms with van der Waals surface area (Å²) in [5, 5.41) is 5.85. The number of hydrogen-bond donors (Lipinski definition) is 3. The minimum atomic E-state index is -0.328. The maximum atomic E-state index is 13.4. The van der Waals surface area contributed by atoms with Crippen LogP contribution in [0.25, 0.3) is 27.9 Å². The predicted octanol–water partition coefficient (Wildman–Crippen LogP) is 2.73. The zero-order chi connectivity index (χ0) is 19.9. The van der Waals surface area contributed by atoms with Crippen LogP contribution in [0.2, 0.25) is 0 Å². The third-order valence-electron chi connectivity index (χ3n) is 3.90. The molecule has 4 N–H and O–H groups in total. The monoisotopic (exact) mass is 377 g/mol. The molecule has 28 heavy (non-hydrogen) atoms. The lowest BCUT2D eigenvalue weighted by molar-refractivity contribution is 0.628. The van der Waals surface area contributed by atoms with Gasteiger partial charge in [-0.25, -0.2) is 19.4 Å². The van der Waals surface area contributed by atoms with Crippen LogP contribution < -0.4 is 16.4 Å². The Kier molecular flexibility index (Phi) is 5.91. The number of benzene rings is 1. The van der Waals surface area contributed by atoms with Crippen LogP contribution in [-0.4, -0.2) is 35.4 Å². The second-order valence-corrected chi connectivity index (χ2v) is 5.75. The number of nitrogens with zero attached hydrogens (tertiary/aromatic N) is 4. The van der Waals surface area contributed by atoms with Gasteiger partial charge in [0.25, 0.3) is 0 Å². The van der Waals surface area contributed by atoms with Crippen molar-refractivity contribution in [3.63, 3.8) is 0 Å². The Hall–Kier alpha value is -3.81. The number of hydrogen-bond acceptors (Lipinski definition) is 6. The highest BCUT2D eigenvalue weighted by molar-refractivity contribution is 6.01. The summed E-state index contributed by atoms with van der Waals surface area (Å²) in [6.45, 7) is 0. The first kappa shape index (κ1) is 19.0. The van der Waals surface area contributed by atoms with Crippen LogP contribution in [0.1, 0.15) is 5.56 Å². The summed E-state index contributed by atoms with van der Waals surface area (Å²) in [6, 6.07) is 6.07. The van der Waals surface area contributed by atoms with Gasteiger partial charge in [0, 0.05) is 55.6 Å². The largest absolute Gasteiger partial charge is 0.393 e. The summed E-state index contributed by atoms with van der Waals surface area (Å²) in [7, 11) is 3.56. The van der Waals surface area contributed by atoms with Crippen molar-refractivity contribution >= 4 is 28.8 Å². The lowest BCUT2D eigenvalue weighted by Gasteiger charge is -2.14. The maximum absolute atomic E-state index is 13.4. The molecule has 2 heterocycles. The molecule has 0 atom stereocenters. The fourth-order valence-electron chi connectivity index (χ4n) is 2.74. The fraction of sp³-hybridized carbons (Fsp3) is 0.100. The van der Waals surface area contributed by atoms with Gasteiger partial charge >= 0.3 is 0 Å². The van der Waals surface area contributed by atoms with Gasteiger partial charge in [-0.2, -0.15) is 0 Å². The number of pyridine rings is 1. The first-order chi connectivity index (χ1) is 13.7. The van der Waals surface area contributed by atoms with Gasteiger partial charge in [0.15, 0.2) is 5.82 Å². The minimum Gasteiger partial charge on any atom is -0.393 e. The van der Waals surface area contributed by atoms with Crippen LogP contribution in [0.3, 0.4) is 0 Å². The van der Waals surface area contributed by atoms with E-state index in [0.717, 1.165) is 5.57 Å². The molecule has 3 rings (SSSR count). The average Bonchev–Trinajstić information content (AvgIpc) is 2.71. The molecule has 142 valence electrons. The van der Waals surface area contributed by atoms with Gasteiger partial charge in [0.1, 0.15) is 16.9 Å². The molecule has 0 aliphatic carbocycles. The van der Waals surface area contributed by atoms with E-state index in [-0.39, 0.29) is 11.6 Å². The van der Waals surface area contributed by atoms with Crippen molar-refractivity contribution in [1.82, 2.24) is 25.6 Å². The first-order valence-corrected chi connectivity index (χ1v) is 8.55. The highest BCUT2D eigenvalue weighted by Crippen LogP contribution is 2.34. The number of rotatable bonds is 6. The molecule has 3 aromatic rings. The van der Waals surface area contributed by atoms with E-state index in [0.29, 0.717) is 27.9 Å². The second-order valence-electron chi connectivity index (χ2n) is 5.75. The lowest BCUT2D eigenvalue weighted by Crippen LogP contribution is -2.04. The molecule has 8 heteroatoms. The molecule has 0 aliphatic rings. The normalized spacial score (nSPS) is 12.2. The topological polar surface area (TPSA) is 101 Å². The smallest absolute Gasteiger partial charge is 0.152 e. The average molecular weight is 377 g/mol. The number of allylic oxidation sites excluding steroid dienone is 2. The molecule has 2 aromatic heterocycles. The van der Waals surface area contributed by atoms with Crippen LogP contribution in [0.15, 0.2) is 60.1 Å². The van der Waals surface area contributed by atoms with Crippen molar-refractivity contribution in [3.8, 4) is 11.3 Å². The van der Waals surface area contributed by atoms with Gasteiger partial charge in [0.2, 0.25) is 0 Å². The SMILES string of the molecule is CN\C=N/C=C\C(=C/NC)c1c(-c2ccc(F)cc2)nc(N)c2nccnc12. The molecule has 0 amide bonds. The molecule has 7 nitrogen and oxygen atoms in total. The Labute approximate surface area is 162 Å². The number of aliphatic imine (C=N–C) groups is 1. The van der Waals surface area contributed by atoms with Crippen molar-refractivity contribution < 1.29 is 4.39 Å². The van der Waals surface area contributed by atoms with Crippen molar-refractivity contribution in [2.45, 2.75) is 0 Å². The van der Waals surface area contributed by atoms with Gasteiger partial charge in [0.05, 0.1) is 12.0 Å². The van der Waals surface area contributed by atoms with E-state index in [1.54, 1.807) is 57.4 Å². The highest BCUT2D eigenvalue weighted by atomic mass is 19.1. The Bertz CT molecular complexity index is 1060. The number of halogens is 1. The van der Waals surface area contributed by atoms with Crippen LogP contribution >= 0.6 is 0 Å². The van der Waals surface area contributed by atoms with E-state index >= 15 is 0 Å². The van der Waals surface area contributed by atoms with Crippen LogP contribution in [0, 0.1) is 5.82 Å². The van der Waals surface area contributed by atoms with Crippen LogP contribution in [0.5, 0.6) is 0 Å². The van der Waals surface area contributed by atoms with Gasteiger partial charge in [-0.3, -0.25) is 4.98 Å². The second kappa shape index (κ2) is 8.72. The summed E-state index contributed by atoms with van der Waals surface area (Å²) in [5.41, 5.74) is 10.0. The molecule has 0 unspecified atom stereocenters. The molecular weight excluding hydrogens is 357 g/mol. The molecule has 1 aromatic carbocycles. The number of nitrogens with one attached hydrogen (secondary N) is 2. The summed E-state index contributed by atoms with van der Waals surface area (Å²) in [5.74, 6) is -0.0710. The summed E-state index contributed by atoms with van der Waals surface area (Å²) < 4.78 is 13.4. The van der Waals surface area contributed by atoms with E-state index in [4.69, 9.17) is 5.73 Å². The number of fused-ring (bicyclic) bond motifs is 1. The Balaban J connectivity index is 2.30. The van der Waals surface area contributed by atoms with E-state index in [9.17, 15) is 4.39 Å². The van der Waals surface area contributed by atoms with Crippen molar-refractivity contribution in [3.05, 3.63) is 66.5 Å². The number of anilines is 1. The van der Waals surface area contributed by atoms with Gasteiger partial charge in [-0.05, 0) is 30.3 Å². The maximum Gasteiger partial charge on any atom is 0.152 e. The Morgan fingerprint density at radius 1 is 1.07 bits per heavy atom. The Morgan fingerprint density at radius 2 is 1.79 bits per heavy atom. The Morgan fingerprint density at radius 3 is 2.46 bits per heavy atom. The molecule has 0 saturated carbocycles. The zero-order valence-corrected chi connectivity index (χ0v) is 15.5. The van der Waals surface area contributed by atoms with E-state index in [1.165, 1.54) is 12.1 Å². The minimum absolute atomic E-state index is 0.257. The molecule has 0 radical (unpaired) electrons. The number of aromatic nitrogens is 3. The third kappa shape index (κ3) is 3.96. The lowest BCUT2D eigenvalue weighted by atomic mass is 9.97. The molecule has 0 fully saturated rings. The van der Waals surface area contributed by atoms with Crippen molar-refractivity contribution in [1.29, 1.82) is 0 Å². The molecule has 0 aliphatic heterocycles. The summed E-state index contributed by atoms with van der Waals surface area (Å²) >= 11 is 0. The standard InChI is InChI=1S/C20H20FN7/c1-23-11-14(7-8-25-12-24-2)16-17(13-3-5-15(21)6-4-13)28-20(22)19-18(16)26-9-10-27-19/h3-12,23H,1-2H3,(H2,22,28)(H,24,25)/b8-7-,14-11+. The predicted molar refractivity (Wildman–Crippen MR) is 111 cm³/mol. The summed E-state index contributed by atoms with van der Waals surface area (Å²) in [4.78, 5) is 17.5. The zero-order valence-electron chi connectivity index (χ0n) is 15.5. The third-order valence-corrected chi connectivity index (χ3v) is 3.90. The van der Waals surface area contributed by atoms with Crippen molar-refractivity contribution in [2.75, 3.05) is 19.8 Å². The van der Waals surface area contributed by atoms with E-state index in [1.807, 2.05) is 6.08 Å². The van der Waals surface area contributed by atoms with Gasteiger partial charge in [-0.15, -0.1) is 0 Å². The number of nitrogen functional groups attached to an aromatic ring is 1. The molecule has 0 spiro atoms. The fourth-order valence-corrected chi connectivity index (χ4v) is 2.74. The van der Waals surface area contributed by atoms with E-state index in [2.05, 4.69) is 30.6 Å². The van der Waals surface area contributed by atoms with Crippen LogP contribution in [0.4, 0.5) is 10.2 Å². The van der Waals surface area contributed by atoms with Gasteiger partial charge in [-0.1, -0.05) is 0 Å². The molecule has 0 bridgehead atoms. The van der Waals surface area contributed by atoms with E-state index < -0.39 is 0 Å².